The summed E-state index contributed by atoms with van der Waals surface area (Å²) in [5, 5.41) is 0. The average molecular weight is 215 g/mol. The Labute approximate surface area is 91.6 Å². The summed E-state index contributed by atoms with van der Waals surface area (Å²) < 4.78 is 4.47. The second-order valence-electron chi connectivity index (χ2n) is 3.60. The summed E-state index contributed by atoms with van der Waals surface area (Å²) in [6.07, 6.45) is 3.72. The van der Waals surface area contributed by atoms with Gasteiger partial charge in [-0.3, -0.25) is 9.59 Å². The van der Waals surface area contributed by atoms with E-state index in [1.807, 2.05) is 0 Å². The fourth-order valence-corrected chi connectivity index (χ4v) is 1.23. The van der Waals surface area contributed by atoms with Crippen LogP contribution in [0.3, 0.4) is 0 Å². The van der Waals surface area contributed by atoms with Crippen molar-refractivity contribution in [3.63, 3.8) is 0 Å². The number of carbonyl (C=O) groups excluding carboxylic acids is 2. The average Bonchev–Trinajstić information content (AvgIpc) is 2.25. The number of carbonyl (C=O) groups is 2. The van der Waals surface area contributed by atoms with Crippen LogP contribution in [-0.2, 0) is 14.3 Å². The van der Waals surface area contributed by atoms with E-state index in [1.165, 1.54) is 7.11 Å². The van der Waals surface area contributed by atoms with Crippen molar-refractivity contribution in [2.24, 2.45) is 0 Å². The molecular weight excluding hydrogens is 194 g/mol. The molecule has 0 aliphatic carbocycles. The summed E-state index contributed by atoms with van der Waals surface area (Å²) in [5.74, 6) is -0.318. The Kier molecular flexibility index (Phi) is 7.68. The monoisotopic (exact) mass is 215 g/mol. The Bertz CT molecular complexity index is 204. The van der Waals surface area contributed by atoms with Crippen LogP contribution in [-0.4, -0.2) is 37.5 Å². The predicted molar refractivity (Wildman–Crippen MR) is 58.4 cm³/mol. The van der Waals surface area contributed by atoms with Crippen molar-refractivity contribution in [1.29, 1.82) is 0 Å². The largest absolute Gasteiger partial charge is 0.469 e. The summed E-state index contributed by atoms with van der Waals surface area (Å²) in [7, 11) is 3.10. The SMILES string of the molecule is CCCCCN(C)C(=O)CCC(=O)OC. The maximum atomic E-state index is 11.5. The smallest absolute Gasteiger partial charge is 0.306 e. The molecule has 0 aromatic rings. The maximum Gasteiger partial charge on any atom is 0.306 e. The highest BCUT2D eigenvalue weighted by atomic mass is 16.5. The summed E-state index contributed by atoms with van der Waals surface area (Å²) in [6.45, 7) is 2.90. The highest BCUT2D eigenvalue weighted by Crippen LogP contribution is 2.01. The van der Waals surface area contributed by atoms with Gasteiger partial charge in [0.25, 0.3) is 0 Å². The van der Waals surface area contributed by atoms with Crippen molar-refractivity contribution in [3.8, 4) is 0 Å². The van der Waals surface area contributed by atoms with Crippen LogP contribution in [0.15, 0.2) is 0 Å². The van der Waals surface area contributed by atoms with Gasteiger partial charge in [0.05, 0.1) is 13.5 Å². The summed E-state index contributed by atoms with van der Waals surface area (Å²) in [6, 6.07) is 0. The van der Waals surface area contributed by atoms with Gasteiger partial charge in [0.15, 0.2) is 0 Å². The van der Waals surface area contributed by atoms with E-state index >= 15 is 0 Å². The van der Waals surface area contributed by atoms with E-state index in [0.717, 1.165) is 25.8 Å². The van der Waals surface area contributed by atoms with Gasteiger partial charge in [-0.05, 0) is 6.42 Å². The van der Waals surface area contributed by atoms with Gasteiger partial charge in [-0.1, -0.05) is 19.8 Å². The van der Waals surface area contributed by atoms with Crippen LogP contribution in [0.2, 0.25) is 0 Å². The van der Waals surface area contributed by atoms with Crippen molar-refractivity contribution in [2.75, 3.05) is 20.7 Å². The highest BCUT2D eigenvalue weighted by Gasteiger charge is 2.10. The van der Waals surface area contributed by atoms with Crippen LogP contribution in [0.5, 0.6) is 0 Å². The van der Waals surface area contributed by atoms with Gasteiger partial charge in [0, 0.05) is 20.0 Å². The second kappa shape index (κ2) is 8.26. The molecule has 15 heavy (non-hydrogen) atoms. The molecule has 1 amide bonds. The molecule has 0 aromatic heterocycles. The van der Waals surface area contributed by atoms with Crippen LogP contribution in [0.1, 0.15) is 39.0 Å². The van der Waals surface area contributed by atoms with Crippen molar-refractivity contribution in [3.05, 3.63) is 0 Å². The Balaban J connectivity index is 3.64. The third kappa shape index (κ3) is 6.94. The van der Waals surface area contributed by atoms with Crippen molar-refractivity contribution >= 4 is 11.9 Å². The van der Waals surface area contributed by atoms with Gasteiger partial charge in [-0.25, -0.2) is 0 Å². The highest BCUT2D eigenvalue weighted by molar-refractivity contribution is 5.81. The molecular formula is C11H21NO3. The normalized spacial score (nSPS) is 9.80. The minimum atomic E-state index is -0.328. The Morgan fingerprint density at radius 3 is 2.40 bits per heavy atom. The zero-order valence-corrected chi connectivity index (χ0v) is 9.91. The fraction of sp³-hybridized carbons (Fsp3) is 0.818. The molecule has 0 N–H and O–H groups in total. The number of hydrogen-bond donors (Lipinski definition) is 0. The first-order valence-electron chi connectivity index (χ1n) is 5.42. The molecule has 0 saturated carbocycles. The van der Waals surface area contributed by atoms with Crippen LogP contribution in [0.25, 0.3) is 0 Å². The lowest BCUT2D eigenvalue weighted by Gasteiger charge is -2.16. The van der Waals surface area contributed by atoms with Gasteiger partial charge < -0.3 is 9.64 Å². The molecule has 0 atom stereocenters. The van der Waals surface area contributed by atoms with Gasteiger partial charge in [-0.15, -0.1) is 0 Å². The van der Waals surface area contributed by atoms with Crippen LogP contribution >= 0.6 is 0 Å². The van der Waals surface area contributed by atoms with Crippen LogP contribution < -0.4 is 0 Å². The molecule has 0 aliphatic rings. The molecule has 4 nitrogen and oxygen atoms in total. The molecule has 0 saturated heterocycles. The number of ether oxygens (including phenoxy) is 1. The molecule has 0 unspecified atom stereocenters. The van der Waals surface area contributed by atoms with Crippen molar-refractivity contribution in [2.45, 2.75) is 39.0 Å². The molecule has 0 fully saturated rings. The van der Waals surface area contributed by atoms with Gasteiger partial charge in [-0.2, -0.15) is 0 Å². The van der Waals surface area contributed by atoms with Crippen LogP contribution in [0, 0.1) is 0 Å². The summed E-state index contributed by atoms with van der Waals surface area (Å²) in [5.41, 5.74) is 0. The zero-order valence-electron chi connectivity index (χ0n) is 9.91. The number of amides is 1. The minimum Gasteiger partial charge on any atom is -0.469 e. The van der Waals surface area contributed by atoms with E-state index < -0.39 is 0 Å². The van der Waals surface area contributed by atoms with E-state index in [1.54, 1.807) is 11.9 Å². The standard InChI is InChI=1S/C11H21NO3/c1-4-5-6-9-12(2)10(13)7-8-11(14)15-3/h4-9H2,1-3H3. The third-order valence-electron chi connectivity index (χ3n) is 2.29. The quantitative estimate of drug-likeness (QED) is 0.478. The lowest BCUT2D eigenvalue weighted by atomic mass is 10.2. The first-order chi connectivity index (χ1) is 7.11. The van der Waals surface area contributed by atoms with Crippen molar-refractivity contribution in [1.82, 2.24) is 4.90 Å². The number of nitrogens with zero attached hydrogens (tertiary/aromatic N) is 1. The minimum absolute atomic E-state index is 0.0107. The number of esters is 1. The summed E-state index contributed by atoms with van der Waals surface area (Å²) >= 11 is 0. The van der Waals surface area contributed by atoms with Crippen LogP contribution in [0.4, 0.5) is 0 Å². The van der Waals surface area contributed by atoms with Gasteiger partial charge in [0.1, 0.15) is 0 Å². The molecule has 0 aromatic carbocycles. The lowest BCUT2D eigenvalue weighted by molar-refractivity contribution is -0.143. The molecule has 0 radical (unpaired) electrons. The summed E-state index contributed by atoms with van der Waals surface area (Å²) in [4.78, 5) is 24.0. The van der Waals surface area contributed by atoms with E-state index in [0.29, 0.717) is 0 Å². The molecule has 0 aliphatic heterocycles. The number of unbranched alkanes of at least 4 members (excludes halogenated alkanes) is 2. The Morgan fingerprint density at radius 1 is 1.20 bits per heavy atom. The van der Waals surface area contributed by atoms with Gasteiger partial charge >= 0.3 is 5.97 Å². The van der Waals surface area contributed by atoms with Gasteiger partial charge in [0.2, 0.25) is 5.91 Å². The van der Waals surface area contributed by atoms with E-state index in [9.17, 15) is 9.59 Å². The number of hydrogen-bond acceptors (Lipinski definition) is 3. The zero-order chi connectivity index (χ0) is 11.7. The molecule has 0 bridgehead atoms. The number of rotatable bonds is 7. The first kappa shape index (κ1) is 13.9. The topological polar surface area (TPSA) is 46.6 Å². The predicted octanol–water partition coefficient (Wildman–Crippen LogP) is 1.59. The second-order valence-corrected chi connectivity index (χ2v) is 3.60. The molecule has 88 valence electrons. The Hall–Kier alpha value is -1.06. The molecule has 4 heteroatoms. The van der Waals surface area contributed by atoms with Crippen molar-refractivity contribution < 1.29 is 14.3 Å². The lowest BCUT2D eigenvalue weighted by Crippen LogP contribution is -2.28. The fourth-order valence-electron chi connectivity index (χ4n) is 1.23. The molecule has 0 rings (SSSR count). The molecule has 0 heterocycles. The maximum absolute atomic E-state index is 11.5. The Morgan fingerprint density at radius 2 is 1.87 bits per heavy atom. The van der Waals surface area contributed by atoms with E-state index in [2.05, 4.69) is 11.7 Å². The van der Waals surface area contributed by atoms with E-state index in [-0.39, 0.29) is 24.7 Å². The first-order valence-corrected chi connectivity index (χ1v) is 5.42. The third-order valence-corrected chi connectivity index (χ3v) is 2.29. The van der Waals surface area contributed by atoms with E-state index in [4.69, 9.17) is 0 Å². The number of methoxy groups -OCH3 is 1. The molecule has 0 spiro atoms.